The fraction of sp³-hybridized carbons (Fsp3) is 0.600. The van der Waals surface area contributed by atoms with Gasteiger partial charge in [-0.1, -0.05) is 0 Å². The summed E-state index contributed by atoms with van der Waals surface area (Å²) in [6.45, 7) is 4.22. The predicted octanol–water partition coefficient (Wildman–Crippen LogP) is 1.87. The fourth-order valence-corrected chi connectivity index (χ4v) is 3.21. The monoisotopic (exact) mass is 258 g/mol. The minimum Gasteiger partial charge on any atom is -0.461 e. The van der Waals surface area contributed by atoms with Crippen LogP contribution in [0.1, 0.15) is 17.4 Å². The fourth-order valence-electron chi connectivity index (χ4n) is 1.46. The lowest BCUT2D eigenvalue weighted by Crippen LogP contribution is -2.32. The van der Waals surface area contributed by atoms with Crippen LogP contribution in [0.3, 0.4) is 0 Å². The van der Waals surface area contributed by atoms with Gasteiger partial charge in [0.2, 0.25) is 0 Å². The van der Waals surface area contributed by atoms with Crippen LogP contribution in [0.4, 0.5) is 5.13 Å². The molecule has 0 spiro atoms. The topological polar surface area (TPSA) is 42.4 Å². The highest BCUT2D eigenvalue weighted by Gasteiger charge is 2.17. The van der Waals surface area contributed by atoms with Crippen molar-refractivity contribution < 1.29 is 9.53 Å². The van der Waals surface area contributed by atoms with Crippen LogP contribution in [0.15, 0.2) is 5.38 Å². The minimum absolute atomic E-state index is 0.323. The molecule has 1 fully saturated rings. The van der Waals surface area contributed by atoms with Gasteiger partial charge < -0.3 is 9.64 Å². The molecule has 0 aliphatic carbocycles. The number of hydrogen-bond donors (Lipinski definition) is 0. The summed E-state index contributed by atoms with van der Waals surface area (Å²) >= 11 is 3.47. The van der Waals surface area contributed by atoms with Gasteiger partial charge in [-0.05, 0) is 6.92 Å². The summed E-state index contributed by atoms with van der Waals surface area (Å²) in [5.41, 5.74) is 0.431. The zero-order valence-corrected chi connectivity index (χ0v) is 10.8. The van der Waals surface area contributed by atoms with E-state index in [9.17, 15) is 4.79 Å². The largest absolute Gasteiger partial charge is 0.461 e. The number of hydrogen-bond acceptors (Lipinski definition) is 6. The Morgan fingerprint density at radius 2 is 2.31 bits per heavy atom. The van der Waals surface area contributed by atoms with E-state index < -0.39 is 0 Å². The highest BCUT2D eigenvalue weighted by molar-refractivity contribution is 7.99. The molecule has 0 saturated carbocycles. The molecular weight excluding hydrogens is 244 g/mol. The van der Waals surface area contributed by atoms with Crippen LogP contribution >= 0.6 is 23.1 Å². The number of esters is 1. The second-order valence-electron chi connectivity index (χ2n) is 3.34. The lowest BCUT2D eigenvalue weighted by Gasteiger charge is -2.25. The Morgan fingerprint density at radius 1 is 1.56 bits per heavy atom. The molecule has 1 aliphatic rings. The minimum atomic E-state index is -0.323. The van der Waals surface area contributed by atoms with E-state index in [2.05, 4.69) is 9.88 Å². The molecule has 0 unspecified atom stereocenters. The predicted molar refractivity (Wildman–Crippen MR) is 67.6 cm³/mol. The van der Waals surface area contributed by atoms with Crippen LogP contribution in [-0.2, 0) is 4.74 Å². The zero-order valence-electron chi connectivity index (χ0n) is 9.14. The summed E-state index contributed by atoms with van der Waals surface area (Å²) < 4.78 is 4.91. The van der Waals surface area contributed by atoms with Crippen molar-refractivity contribution in [1.29, 1.82) is 0 Å². The van der Waals surface area contributed by atoms with E-state index in [0.717, 1.165) is 29.7 Å². The van der Waals surface area contributed by atoms with E-state index in [0.29, 0.717) is 12.3 Å². The van der Waals surface area contributed by atoms with Gasteiger partial charge in [0.25, 0.3) is 0 Å². The maximum atomic E-state index is 11.4. The molecule has 1 aromatic heterocycles. The molecule has 0 amide bonds. The Balaban J connectivity index is 2.03. The van der Waals surface area contributed by atoms with Crippen LogP contribution in [0, 0.1) is 0 Å². The number of carbonyl (C=O) groups is 1. The quantitative estimate of drug-likeness (QED) is 0.774. The molecule has 16 heavy (non-hydrogen) atoms. The van der Waals surface area contributed by atoms with Gasteiger partial charge in [-0.25, -0.2) is 9.78 Å². The highest BCUT2D eigenvalue weighted by Crippen LogP contribution is 2.23. The van der Waals surface area contributed by atoms with E-state index in [1.54, 1.807) is 12.3 Å². The van der Waals surface area contributed by atoms with Crippen molar-refractivity contribution in [2.45, 2.75) is 6.92 Å². The van der Waals surface area contributed by atoms with Gasteiger partial charge in [0.1, 0.15) is 0 Å². The first-order chi connectivity index (χ1) is 7.81. The third kappa shape index (κ3) is 2.68. The van der Waals surface area contributed by atoms with Gasteiger partial charge in [-0.3, -0.25) is 0 Å². The average molecular weight is 258 g/mol. The van der Waals surface area contributed by atoms with Crippen molar-refractivity contribution in [3.05, 3.63) is 11.1 Å². The van der Waals surface area contributed by atoms with Crippen molar-refractivity contribution in [1.82, 2.24) is 4.98 Å². The molecule has 0 radical (unpaired) electrons. The van der Waals surface area contributed by atoms with Crippen LogP contribution in [0.5, 0.6) is 0 Å². The molecule has 1 aromatic rings. The van der Waals surface area contributed by atoms with Gasteiger partial charge in [-0.15, -0.1) is 11.3 Å². The summed E-state index contributed by atoms with van der Waals surface area (Å²) in [6, 6.07) is 0. The molecule has 0 atom stereocenters. The maximum Gasteiger partial charge on any atom is 0.357 e. The first-order valence-corrected chi connectivity index (χ1v) is 7.30. The summed E-state index contributed by atoms with van der Waals surface area (Å²) in [4.78, 5) is 18.0. The SMILES string of the molecule is CCOC(=O)c1csc(N2CCSCC2)n1. The molecule has 6 heteroatoms. The standard InChI is InChI=1S/C10H14N2O2S2/c1-2-14-9(13)8-7-16-10(11-8)12-3-5-15-6-4-12/h7H,2-6H2,1H3. The molecule has 2 rings (SSSR count). The smallest absolute Gasteiger partial charge is 0.357 e. The van der Waals surface area contributed by atoms with Gasteiger partial charge in [0.15, 0.2) is 10.8 Å². The number of thioether (sulfide) groups is 1. The number of anilines is 1. The molecule has 1 saturated heterocycles. The van der Waals surface area contributed by atoms with Crippen LogP contribution in [-0.4, -0.2) is 42.2 Å². The van der Waals surface area contributed by atoms with Crippen LogP contribution < -0.4 is 4.90 Å². The lowest BCUT2D eigenvalue weighted by molar-refractivity contribution is 0.0520. The number of aromatic nitrogens is 1. The average Bonchev–Trinajstić information content (AvgIpc) is 2.80. The molecule has 1 aliphatic heterocycles. The van der Waals surface area contributed by atoms with Crippen molar-refractivity contribution in [3.63, 3.8) is 0 Å². The van der Waals surface area contributed by atoms with E-state index in [4.69, 9.17) is 4.74 Å². The lowest BCUT2D eigenvalue weighted by atomic mass is 10.5. The van der Waals surface area contributed by atoms with Gasteiger partial charge in [-0.2, -0.15) is 11.8 Å². The number of nitrogens with zero attached hydrogens (tertiary/aromatic N) is 2. The zero-order chi connectivity index (χ0) is 11.4. The van der Waals surface area contributed by atoms with Crippen molar-refractivity contribution in [2.75, 3.05) is 36.1 Å². The van der Waals surface area contributed by atoms with E-state index in [1.165, 1.54) is 11.3 Å². The Hall–Kier alpha value is -0.750. The van der Waals surface area contributed by atoms with Crippen molar-refractivity contribution in [2.24, 2.45) is 0 Å². The number of rotatable bonds is 3. The van der Waals surface area contributed by atoms with E-state index >= 15 is 0 Å². The summed E-state index contributed by atoms with van der Waals surface area (Å²) in [6.07, 6.45) is 0. The van der Waals surface area contributed by atoms with Crippen LogP contribution in [0.2, 0.25) is 0 Å². The van der Waals surface area contributed by atoms with Crippen LogP contribution in [0.25, 0.3) is 0 Å². The van der Waals surface area contributed by atoms with Gasteiger partial charge in [0.05, 0.1) is 6.61 Å². The first kappa shape index (κ1) is 11.7. The summed E-state index contributed by atoms with van der Waals surface area (Å²) in [5.74, 6) is 1.94. The Labute approximate surface area is 103 Å². The van der Waals surface area contributed by atoms with Gasteiger partial charge >= 0.3 is 5.97 Å². The third-order valence-corrected chi connectivity index (χ3v) is 4.10. The second kappa shape index (κ2) is 5.54. The number of carbonyl (C=O) groups excluding carboxylic acids is 1. The van der Waals surface area contributed by atoms with Gasteiger partial charge in [0, 0.05) is 30.0 Å². The number of ether oxygens (including phenoxy) is 1. The van der Waals surface area contributed by atoms with E-state index in [-0.39, 0.29) is 5.97 Å². The highest BCUT2D eigenvalue weighted by atomic mass is 32.2. The number of thiazole rings is 1. The van der Waals surface area contributed by atoms with E-state index in [1.807, 2.05) is 11.8 Å². The second-order valence-corrected chi connectivity index (χ2v) is 5.40. The third-order valence-electron chi connectivity index (χ3n) is 2.26. The molecule has 0 N–H and O–H groups in total. The summed E-state index contributed by atoms with van der Waals surface area (Å²) in [5, 5.41) is 2.71. The maximum absolute atomic E-state index is 11.4. The normalized spacial score (nSPS) is 16.2. The molecule has 0 bridgehead atoms. The Morgan fingerprint density at radius 3 is 3.00 bits per heavy atom. The Kier molecular flexibility index (Phi) is 4.06. The van der Waals surface area contributed by atoms with Crippen molar-refractivity contribution in [3.8, 4) is 0 Å². The molecule has 2 heterocycles. The first-order valence-electron chi connectivity index (χ1n) is 5.26. The molecular formula is C10H14N2O2S2. The molecule has 0 aromatic carbocycles. The van der Waals surface area contributed by atoms with Crippen molar-refractivity contribution >= 4 is 34.2 Å². The molecule has 4 nitrogen and oxygen atoms in total. The summed E-state index contributed by atoms with van der Waals surface area (Å²) in [7, 11) is 0. The Bertz CT molecular complexity index is 361. The molecule has 88 valence electrons.